The third-order valence-corrected chi connectivity index (χ3v) is 12.9. The molecule has 0 spiro atoms. The standard InChI is InChI=1S/C56H53N4O.Pt/c1-54(2,3)46-24-18-25-47(55(4,5)6)53(46)59-38-58(49-27-13-14-28-50(49)59)41-21-17-22-42(36-41)61-43-29-30-45-44-23-11-12-26-48(44)60(51(45)37-43)52-35-40(31-34-57-52)56(32-15-8-16-33-56)39-19-9-7-10-20-39;/h7,9-14,17-31,34-35,38H,8,15-16,32-33H2,1-6H3;/q-3;. The molecule has 6 aromatic carbocycles. The van der Waals surface area contributed by atoms with Crippen molar-refractivity contribution in [2.75, 3.05) is 9.80 Å². The average Bonchev–Trinajstić information content (AvgIpc) is 3.82. The number of benzene rings is 6. The largest absolute Gasteiger partial charge is 0.509 e. The van der Waals surface area contributed by atoms with Gasteiger partial charge < -0.3 is 19.1 Å². The van der Waals surface area contributed by atoms with Crippen LogP contribution in [-0.4, -0.2) is 9.55 Å². The molecule has 0 N–H and O–H groups in total. The van der Waals surface area contributed by atoms with Crippen LogP contribution < -0.4 is 14.5 Å². The second kappa shape index (κ2) is 16.2. The third-order valence-electron chi connectivity index (χ3n) is 12.9. The summed E-state index contributed by atoms with van der Waals surface area (Å²) in [6, 6.07) is 57.2. The molecule has 0 atom stereocenters. The zero-order chi connectivity index (χ0) is 41.9. The number of aromatic nitrogens is 2. The molecule has 1 aliphatic carbocycles. The molecule has 0 unspecified atom stereocenters. The summed E-state index contributed by atoms with van der Waals surface area (Å²) in [7, 11) is 0. The monoisotopic (exact) mass is 992 g/mol. The molecular weight excluding hydrogens is 940 g/mol. The Hall–Kier alpha value is -5.64. The molecule has 0 radical (unpaired) electrons. The van der Waals surface area contributed by atoms with E-state index in [0.717, 1.165) is 57.5 Å². The van der Waals surface area contributed by atoms with Crippen molar-refractivity contribution in [2.24, 2.45) is 0 Å². The second-order valence-electron chi connectivity index (χ2n) is 18.9. The van der Waals surface area contributed by atoms with Crippen molar-refractivity contribution in [2.45, 2.75) is 89.9 Å². The van der Waals surface area contributed by atoms with Crippen LogP contribution in [0.5, 0.6) is 11.5 Å². The molecule has 3 heterocycles. The van der Waals surface area contributed by atoms with Crippen LogP contribution in [0.4, 0.5) is 22.7 Å². The van der Waals surface area contributed by atoms with Gasteiger partial charge in [0.1, 0.15) is 5.82 Å². The molecule has 2 aromatic heterocycles. The van der Waals surface area contributed by atoms with Crippen molar-refractivity contribution < 1.29 is 25.8 Å². The van der Waals surface area contributed by atoms with E-state index in [-0.39, 0.29) is 37.3 Å². The average molecular weight is 993 g/mol. The predicted molar refractivity (Wildman–Crippen MR) is 252 cm³/mol. The Labute approximate surface area is 381 Å². The minimum Gasteiger partial charge on any atom is -0.509 e. The molecule has 5 nitrogen and oxygen atoms in total. The minimum absolute atomic E-state index is 0. The van der Waals surface area contributed by atoms with Crippen molar-refractivity contribution in [3.8, 4) is 17.3 Å². The molecule has 2 aliphatic rings. The van der Waals surface area contributed by atoms with E-state index in [1.54, 1.807) is 0 Å². The Morgan fingerprint density at radius 3 is 1.97 bits per heavy atom. The molecule has 316 valence electrons. The van der Waals surface area contributed by atoms with Crippen molar-refractivity contribution in [3.05, 3.63) is 187 Å². The summed E-state index contributed by atoms with van der Waals surface area (Å²) in [4.78, 5) is 9.64. The SMILES string of the molecule is CC(C)(C)c1cccc(C(C)(C)C)c1N1[CH-]N(c2[c-]c(Oc3[c-]c4c(cc3)c3ccccc3n4-c3cc(C4(c5ccccc5)CCCCC4)ccn3)ccc2)c2ccccc21.[Pt]. The van der Waals surface area contributed by atoms with Crippen molar-refractivity contribution in [3.63, 3.8) is 0 Å². The fraction of sp³-hybridized carbons (Fsp3) is 0.250. The number of hydrogen-bond acceptors (Lipinski definition) is 4. The van der Waals surface area contributed by atoms with E-state index in [4.69, 9.17) is 9.72 Å². The third kappa shape index (κ3) is 7.32. The van der Waals surface area contributed by atoms with Gasteiger partial charge in [0.05, 0.1) is 0 Å². The number of hydrogen-bond donors (Lipinski definition) is 0. The Balaban J connectivity index is 0.00000490. The van der Waals surface area contributed by atoms with Gasteiger partial charge in [0.25, 0.3) is 0 Å². The van der Waals surface area contributed by atoms with Crippen LogP contribution in [0, 0.1) is 18.8 Å². The van der Waals surface area contributed by atoms with Gasteiger partial charge in [-0.25, -0.2) is 4.98 Å². The van der Waals surface area contributed by atoms with Gasteiger partial charge in [0.15, 0.2) is 0 Å². The van der Waals surface area contributed by atoms with E-state index in [9.17, 15) is 0 Å². The maximum atomic E-state index is 6.69. The maximum absolute atomic E-state index is 6.69. The summed E-state index contributed by atoms with van der Waals surface area (Å²) < 4.78 is 8.95. The number of fused-ring (bicyclic) bond motifs is 4. The normalized spacial score (nSPS) is 15.1. The van der Waals surface area contributed by atoms with E-state index in [2.05, 4.69) is 196 Å². The van der Waals surface area contributed by atoms with Crippen LogP contribution in [0.1, 0.15) is 95.9 Å². The van der Waals surface area contributed by atoms with E-state index >= 15 is 0 Å². The summed E-state index contributed by atoms with van der Waals surface area (Å²) in [5, 5.41) is 2.27. The first-order valence-corrected chi connectivity index (χ1v) is 21.8. The first-order valence-electron chi connectivity index (χ1n) is 21.8. The molecule has 10 rings (SSSR count). The Morgan fingerprint density at radius 1 is 0.597 bits per heavy atom. The first kappa shape index (κ1) is 41.7. The molecule has 0 amide bonds. The minimum atomic E-state index is -0.0610. The summed E-state index contributed by atoms with van der Waals surface area (Å²) >= 11 is 0. The fourth-order valence-corrected chi connectivity index (χ4v) is 9.92. The van der Waals surface area contributed by atoms with E-state index in [0.29, 0.717) is 11.5 Å². The second-order valence-corrected chi connectivity index (χ2v) is 18.9. The summed E-state index contributed by atoms with van der Waals surface area (Å²) in [5.41, 5.74) is 11.5. The molecule has 1 fully saturated rings. The van der Waals surface area contributed by atoms with E-state index in [1.165, 1.54) is 47.2 Å². The summed E-state index contributed by atoms with van der Waals surface area (Å²) in [6.45, 7) is 16.0. The molecule has 0 saturated heterocycles. The molecule has 62 heavy (non-hydrogen) atoms. The van der Waals surface area contributed by atoms with E-state index < -0.39 is 0 Å². The van der Waals surface area contributed by atoms with Gasteiger partial charge in [0, 0.05) is 66.8 Å². The van der Waals surface area contributed by atoms with Gasteiger partial charge in [0.2, 0.25) is 0 Å². The zero-order valence-electron chi connectivity index (χ0n) is 36.5. The van der Waals surface area contributed by atoms with Gasteiger partial charge in [-0.3, -0.25) is 0 Å². The van der Waals surface area contributed by atoms with Crippen LogP contribution in [-0.2, 0) is 37.3 Å². The van der Waals surface area contributed by atoms with Crippen LogP contribution >= 0.6 is 0 Å². The topological polar surface area (TPSA) is 33.5 Å². The fourth-order valence-electron chi connectivity index (χ4n) is 9.92. The number of pyridine rings is 1. The molecule has 8 aromatic rings. The van der Waals surface area contributed by atoms with Crippen LogP contribution in [0.25, 0.3) is 27.6 Å². The predicted octanol–water partition coefficient (Wildman–Crippen LogP) is 14.8. The summed E-state index contributed by atoms with van der Waals surface area (Å²) in [6.07, 6.45) is 7.98. The van der Waals surface area contributed by atoms with Gasteiger partial charge >= 0.3 is 0 Å². The number of ether oxygens (including phenoxy) is 1. The molecule has 1 aliphatic heterocycles. The quantitative estimate of drug-likeness (QED) is 0.149. The van der Waals surface area contributed by atoms with Crippen LogP contribution in [0.15, 0.2) is 146 Å². The smallest absolute Gasteiger partial charge is 0.135 e. The van der Waals surface area contributed by atoms with Gasteiger partial charge in [-0.05, 0) is 81.6 Å². The van der Waals surface area contributed by atoms with Gasteiger partial charge in [-0.15, -0.1) is 48.1 Å². The molecular formula is C56H53N4OPt-3. The van der Waals surface area contributed by atoms with Crippen molar-refractivity contribution in [1.29, 1.82) is 0 Å². The Morgan fingerprint density at radius 2 is 1.24 bits per heavy atom. The number of rotatable bonds is 7. The molecule has 1 saturated carbocycles. The van der Waals surface area contributed by atoms with Crippen molar-refractivity contribution >= 4 is 44.6 Å². The van der Waals surface area contributed by atoms with Crippen LogP contribution in [0.2, 0.25) is 0 Å². The first-order chi connectivity index (χ1) is 29.5. The molecule has 6 heteroatoms. The maximum Gasteiger partial charge on any atom is 0.135 e. The number of nitrogens with zero attached hydrogens (tertiary/aromatic N) is 4. The number of anilines is 4. The van der Waals surface area contributed by atoms with Gasteiger partial charge in [-0.1, -0.05) is 145 Å². The van der Waals surface area contributed by atoms with Gasteiger partial charge in [-0.2, -0.15) is 12.1 Å². The molecule has 0 bridgehead atoms. The van der Waals surface area contributed by atoms with Crippen molar-refractivity contribution in [1.82, 2.24) is 9.55 Å². The van der Waals surface area contributed by atoms with Crippen LogP contribution in [0.3, 0.4) is 0 Å². The Kier molecular flexibility index (Phi) is 10.9. The number of para-hydroxylation sites is 4. The zero-order valence-corrected chi connectivity index (χ0v) is 38.8. The van der Waals surface area contributed by atoms with E-state index in [1.807, 2.05) is 24.4 Å². The Bertz CT molecular complexity index is 2860. The summed E-state index contributed by atoms with van der Waals surface area (Å²) in [5.74, 6) is 2.13.